The quantitative estimate of drug-likeness (QED) is 0.139. The number of aromatic nitrogens is 1. The number of nitrogens with one attached hydrogen (secondary N) is 1. The van der Waals surface area contributed by atoms with Gasteiger partial charge in [0.05, 0.1) is 16.7 Å². The summed E-state index contributed by atoms with van der Waals surface area (Å²) in [5.41, 5.74) is 28.8. The van der Waals surface area contributed by atoms with Crippen molar-refractivity contribution in [2.45, 2.75) is 52.4 Å². The van der Waals surface area contributed by atoms with Gasteiger partial charge < -0.3 is 19.2 Å². The maximum absolute atomic E-state index is 6.96. The second-order valence-corrected chi connectivity index (χ2v) is 24.3. The Morgan fingerprint density at radius 2 is 1.00 bits per heavy atom. The minimum Gasteiger partial charge on any atom is -0.456 e. The van der Waals surface area contributed by atoms with Gasteiger partial charge in [-0.15, -0.1) is 0 Å². The number of rotatable bonds is 10. The van der Waals surface area contributed by atoms with Gasteiger partial charge in [-0.3, -0.25) is 0 Å². The summed E-state index contributed by atoms with van der Waals surface area (Å²) in [7, 11) is 0. The van der Waals surface area contributed by atoms with Crippen LogP contribution in [0.3, 0.4) is 0 Å². The summed E-state index contributed by atoms with van der Waals surface area (Å²) in [6.45, 7) is 9.19. The zero-order valence-corrected chi connectivity index (χ0v) is 48.3. The van der Waals surface area contributed by atoms with Crippen LogP contribution in [0.15, 0.2) is 265 Å². The Bertz CT molecular complexity index is 4820. The molecule has 0 fully saturated rings. The number of fused-ring (bicyclic) bond motifs is 10. The molecule has 0 radical (unpaired) electrons. The molecule has 16 rings (SSSR count). The van der Waals surface area contributed by atoms with Gasteiger partial charge in [-0.05, 0) is 146 Å². The Kier molecular flexibility index (Phi) is 12.0. The van der Waals surface area contributed by atoms with Gasteiger partial charge in [0.15, 0.2) is 0 Å². The smallest absolute Gasteiger partial charge is 0.252 e. The highest BCUT2D eigenvalue weighted by atomic mass is 16.3. The number of aryl methyl sites for hydroxylation is 1. The van der Waals surface area contributed by atoms with Crippen LogP contribution in [0.25, 0.3) is 105 Å². The predicted octanol–water partition coefficient (Wildman–Crippen LogP) is 20.0. The second kappa shape index (κ2) is 20.1. The molecule has 406 valence electrons. The van der Waals surface area contributed by atoms with Crippen molar-refractivity contribution in [1.82, 2.24) is 4.57 Å². The van der Waals surface area contributed by atoms with Crippen molar-refractivity contribution in [3.63, 3.8) is 0 Å². The summed E-state index contributed by atoms with van der Waals surface area (Å²) in [6.07, 6.45) is 3.01. The third-order valence-corrected chi connectivity index (χ3v) is 18.1. The third-order valence-electron chi connectivity index (χ3n) is 18.1. The largest absolute Gasteiger partial charge is 0.456 e. The summed E-state index contributed by atoms with van der Waals surface area (Å²) in [4.78, 5) is 2.67. The molecule has 0 saturated carbocycles. The van der Waals surface area contributed by atoms with E-state index in [9.17, 15) is 0 Å². The number of unbranched alkanes of at least 4 members (excludes halogenated alkanes) is 1. The predicted molar refractivity (Wildman–Crippen MR) is 362 cm³/mol. The van der Waals surface area contributed by atoms with E-state index >= 15 is 0 Å². The molecule has 0 bridgehead atoms. The van der Waals surface area contributed by atoms with E-state index in [1.807, 2.05) is 0 Å². The maximum Gasteiger partial charge on any atom is 0.252 e. The van der Waals surface area contributed by atoms with Gasteiger partial charge in [0.2, 0.25) is 0 Å². The maximum atomic E-state index is 6.96. The van der Waals surface area contributed by atoms with Crippen LogP contribution in [0, 0.1) is 0 Å². The molecule has 0 spiro atoms. The van der Waals surface area contributed by atoms with Crippen molar-refractivity contribution in [3.05, 3.63) is 272 Å². The number of nitrogens with zero attached hydrogens (tertiary/aromatic N) is 2. The fourth-order valence-electron chi connectivity index (χ4n) is 14.0. The lowest BCUT2D eigenvalue weighted by atomic mass is 9.33. The van der Waals surface area contributed by atoms with Crippen LogP contribution < -0.4 is 26.6 Å². The number of benzene rings is 12. The summed E-state index contributed by atoms with van der Waals surface area (Å²) in [5, 5.41) is 9.12. The van der Waals surface area contributed by atoms with Crippen molar-refractivity contribution in [1.29, 1.82) is 0 Å². The minimum atomic E-state index is -0.221. The molecule has 12 aromatic carbocycles. The molecule has 0 atom stereocenters. The van der Waals surface area contributed by atoms with E-state index in [4.69, 9.17) is 4.42 Å². The minimum absolute atomic E-state index is 0.172. The first-order valence-electron chi connectivity index (χ1n) is 30.2. The van der Waals surface area contributed by atoms with E-state index in [0.717, 1.165) is 97.5 Å². The van der Waals surface area contributed by atoms with E-state index in [1.54, 1.807) is 0 Å². The molecule has 0 unspecified atom stereocenters. The average Bonchev–Trinajstić information content (AvgIpc) is 1.54. The molecule has 14 aromatic rings. The zero-order valence-electron chi connectivity index (χ0n) is 48.3. The molecule has 2 aromatic heterocycles. The number of para-hydroxylation sites is 3. The van der Waals surface area contributed by atoms with Gasteiger partial charge in [0, 0.05) is 72.2 Å². The molecular formula is C80H62BN3O. The normalized spacial score (nSPS) is 12.7. The van der Waals surface area contributed by atoms with Crippen molar-refractivity contribution < 1.29 is 4.42 Å². The van der Waals surface area contributed by atoms with E-state index in [1.165, 1.54) is 82.8 Å². The van der Waals surface area contributed by atoms with Gasteiger partial charge in [-0.1, -0.05) is 228 Å². The Morgan fingerprint density at radius 3 is 1.61 bits per heavy atom. The second-order valence-electron chi connectivity index (χ2n) is 24.3. The molecule has 1 N–H and O–H groups in total. The molecule has 85 heavy (non-hydrogen) atoms. The number of anilines is 5. The molecular weight excluding hydrogens is 1030 g/mol. The van der Waals surface area contributed by atoms with Crippen LogP contribution in [0.1, 0.15) is 51.7 Å². The van der Waals surface area contributed by atoms with E-state index in [0.29, 0.717) is 0 Å². The van der Waals surface area contributed by atoms with Crippen LogP contribution in [0.5, 0.6) is 0 Å². The highest BCUT2D eigenvalue weighted by Crippen LogP contribution is 2.52. The van der Waals surface area contributed by atoms with Gasteiger partial charge in [-0.2, -0.15) is 0 Å². The summed E-state index contributed by atoms with van der Waals surface area (Å²) in [5.74, 6) is 0. The lowest BCUT2D eigenvalue weighted by molar-refractivity contribution is 0.591. The van der Waals surface area contributed by atoms with Crippen LogP contribution >= 0.6 is 0 Å². The third kappa shape index (κ3) is 8.27. The Hall–Kier alpha value is -10.1. The first-order chi connectivity index (χ1) is 41.8. The first kappa shape index (κ1) is 50.6. The molecule has 4 heterocycles. The van der Waals surface area contributed by atoms with E-state index in [2.05, 4.69) is 303 Å². The number of hydrogen-bond donors (Lipinski definition) is 1. The van der Waals surface area contributed by atoms with Gasteiger partial charge in [0.25, 0.3) is 6.71 Å². The fraction of sp³-hybridized carbons (Fsp3) is 0.100. The molecule has 0 aliphatic carbocycles. The molecule has 0 saturated heterocycles. The monoisotopic (exact) mass is 1090 g/mol. The standard InChI is InChI=1S/C80H62BN3O/c1-5-6-33-63-59(41-42-64-62-36-21-24-39-75(62)85-79(63)64)67-46-56(52-27-13-8-14-28-52)47-69-77(67)82-70-48-57(80(2,3)4)49-74-76(70)81(69)68-43-40-58(83-71-37-22-19-34-60(71)61-35-20-23-38-72(61)83)50-73(68)84(74)78-65(53-29-15-9-16-30-53)44-55(51-25-11-7-12-26-51)45-66(78)54-31-17-10-18-32-54/h7-32,34-50,82H,5-6,33H2,1-4H3. The van der Waals surface area contributed by atoms with Crippen LogP contribution in [-0.4, -0.2) is 11.3 Å². The first-order valence-corrected chi connectivity index (χ1v) is 30.2. The SMILES string of the molecule is CCCCc1c(-c2cc(-c3ccccc3)cc3c2Nc2cc(C(C)(C)C)cc4c2B3c2ccc(-n3c5ccccc5c5ccccc53)cc2N4c2c(-c3ccccc3)cc(-c3ccccc3)cc2-c2ccccc2)ccc2c1oc1ccccc12. The van der Waals surface area contributed by atoms with Crippen molar-refractivity contribution in [3.8, 4) is 61.3 Å². The highest BCUT2D eigenvalue weighted by Gasteiger charge is 2.44. The summed E-state index contributed by atoms with van der Waals surface area (Å²) < 4.78 is 9.45. The van der Waals surface area contributed by atoms with Crippen molar-refractivity contribution in [2.75, 3.05) is 10.2 Å². The highest BCUT2D eigenvalue weighted by molar-refractivity contribution is 7.00. The lowest BCUT2D eigenvalue weighted by Gasteiger charge is -2.43. The van der Waals surface area contributed by atoms with Crippen molar-refractivity contribution >= 4 is 95.3 Å². The van der Waals surface area contributed by atoms with Gasteiger partial charge >= 0.3 is 0 Å². The molecule has 5 heteroatoms. The van der Waals surface area contributed by atoms with Gasteiger partial charge in [0.1, 0.15) is 11.2 Å². The Labute approximate surface area is 497 Å². The van der Waals surface area contributed by atoms with Crippen LogP contribution in [0.2, 0.25) is 0 Å². The summed E-state index contributed by atoms with van der Waals surface area (Å²) >= 11 is 0. The lowest BCUT2D eigenvalue weighted by Crippen LogP contribution is -2.60. The molecule has 2 aliphatic rings. The van der Waals surface area contributed by atoms with Crippen LogP contribution in [0.4, 0.5) is 28.4 Å². The van der Waals surface area contributed by atoms with Crippen LogP contribution in [-0.2, 0) is 11.8 Å². The number of furan rings is 1. The Morgan fingerprint density at radius 1 is 0.447 bits per heavy atom. The Balaban J connectivity index is 1.05. The molecule has 4 nitrogen and oxygen atoms in total. The average molecular weight is 1090 g/mol. The fourth-order valence-corrected chi connectivity index (χ4v) is 14.0. The number of hydrogen-bond acceptors (Lipinski definition) is 3. The topological polar surface area (TPSA) is 33.3 Å². The zero-order chi connectivity index (χ0) is 56.9. The van der Waals surface area contributed by atoms with E-state index < -0.39 is 0 Å². The summed E-state index contributed by atoms with van der Waals surface area (Å²) in [6, 6.07) is 97.2. The molecule has 0 amide bonds. The van der Waals surface area contributed by atoms with Crippen molar-refractivity contribution in [2.24, 2.45) is 0 Å². The van der Waals surface area contributed by atoms with Gasteiger partial charge in [-0.25, -0.2) is 0 Å². The van der Waals surface area contributed by atoms with E-state index in [-0.39, 0.29) is 12.1 Å². The molecule has 2 aliphatic heterocycles.